The Hall–Kier alpha value is -1.75. The molecule has 110 valence electrons. The van der Waals surface area contributed by atoms with Gasteiger partial charge < -0.3 is 20.6 Å². The quantitative estimate of drug-likeness (QED) is 0.790. The average Bonchev–Trinajstić information content (AvgIpc) is 2.88. The maximum atomic E-state index is 12.0. The van der Waals surface area contributed by atoms with E-state index in [0.29, 0.717) is 0 Å². The molecule has 1 aliphatic rings. The molecule has 0 spiro atoms. The Bertz CT molecular complexity index is 451. The molecule has 3 N–H and O–H groups in total. The standard InChI is InChI=1S/C15H23N3O2/c1-18(2)13-7-5-12(6-8-13)16-14(20)17-15(11-19)9-3-4-10-15/h5-8,19H,3-4,9-11H2,1-2H3,(H2,16,17,20). The van der Waals surface area contributed by atoms with Gasteiger partial charge in [0.15, 0.2) is 0 Å². The van der Waals surface area contributed by atoms with Gasteiger partial charge in [-0.2, -0.15) is 0 Å². The molecule has 0 heterocycles. The van der Waals surface area contributed by atoms with E-state index in [0.717, 1.165) is 37.1 Å². The zero-order valence-electron chi connectivity index (χ0n) is 12.1. The van der Waals surface area contributed by atoms with Gasteiger partial charge in [-0.3, -0.25) is 0 Å². The first-order chi connectivity index (χ1) is 9.54. The molecule has 1 saturated carbocycles. The minimum atomic E-state index is -0.437. The summed E-state index contributed by atoms with van der Waals surface area (Å²) in [4.78, 5) is 14.0. The van der Waals surface area contributed by atoms with E-state index in [-0.39, 0.29) is 12.6 Å². The molecule has 2 rings (SSSR count). The molecular formula is C15H23N3O2. The average molecular weight is 277 g/mol. The lowest BCUT2D eigenvalue weighted by Crippen LogP contribution is -2.50. The second kappa shape index (κ2) is 6.13. The minimum absolute atomic E-state index is 0.0000126. The number of carbonyl (C=O) groups excluding carboxylic acids is 1. The summed E-state index contributed by atoms with van der Waals surface area (Å²) in [5.74, 6) is 0. The van der Waals surface area contributed by atoms with Crippen LogP contribution in [0.25, 0.3) is 0 Å². The highest BCUT2D eigenvalue weighted by Crippen LogP contribution is 2.29. The number of aliphatic hydroxyl groups excluding tert-OH is 1. The van der Waals surface area contributed by atoms with Crippen molar-refractivity contribution in [2.45, 2.75) is 31.2 Å². The van der Waals surface area contributed by atoms with Crippen molar-refractivity contribution in [2.75, 3.05) is 30.9 Å². The zero-order chi connectivity index (χ0) is 14.6. The summed E-state index contributed by atoms with van der Waals surface area (Å²) in [6.45, 7) is -0.0000126. The number of benzene rings is 1. The summed E-state index contributed by atoms with van der Waals surface area (Å²) >= 11 is 0. The van der Waals surface area contributed by atoms with Crippen molar-refractivity contribution in [1.29, 1.82) is 0 Å². The van der Waals surface area contributed by atoms with Crippen LogP contribution in [0.4, 0.5) is 16.2 Å². The van der Waals surface area contributed by atoms with Crippen molar-refractivity contribution in [3.05, 3.63) is 24.3 Å². The van der Waals surface area contributed by atoms with Crippen LogP contribution in [0.3, 0.4) is 0 Å². The van der Waals surface area contributed by atoms with E-state index in [4.69, 9.17) is 0 Å². The van der Waals surface area contributed by atoms with Crippen molar-refractivity contribution >= 4 is 17.4 Å². The molecule has 1 aliphatic carbocycles. The third kappa shape index (κ3) is 3.42. The Morgan fingerprint density at radius 3 is 2.35 bits per heavy atom. The third-order valence-corrected chi connectivity index (χ3v) is 3.88. The molecule has 0 saturated heterocycles. The Balaban J connectivity index is 1.94. The first-order valence-corrected chi connectivity index (χ1v) is 7.02. The predicted molar refractivity (Wildman–Crippen MR) is 81.2 cm³/mol. The molecule has 1 fully saturated rings. The van der Waals surface area contributed by atoms with Gasteiger partial charge in [0, 0.05) is 25.5 Å². The van der Waals surface area contributed by atoms with Crippen molar-refractivity contribution in [3.63, 3.8) is 0 Å². The molecule has 0 bridgehead atoms. The van der Waals surface area contributed by atoms with Crippen LogP contribution in [0.15, 0.2) is 24.3 Å². The summed E-state index contributed by atoms with van der Waals surface area (Å²) in [7, 11) is 3.94. The molecule has 5 nitrogen and oxygen atoms in total. The lowest BCUT2D eigenvalue weighted by atomic mass is 9.99. The second-order valence-corrected chi connectivity index (χ2v) is 5.67. The fourth-order valence-electron chi connectivity index (χ4n) is 2.62. The maximum absolute atomic E-state index is 12.0. The summed E-state index contributed by atoms with van der Waals surface area (Å²) in [5, 5.41) is 15.2. The number of nitrogens with one attached hydrogen (secondary N) is 2. The normalized spacial score (nSPS) is 16.8. The largest absolute Gasteiger partial charge is 0.394 e. The Kier molecular flexibility index (Phi) is 4.49. The van der Waals surface area contributed by atoms with Crippen LogP contribution in [-0.2, 0) is 0 Å². The van der Waals surface area contributed by atoms with Crippen LogP contribution in [0.1, 0.15) is 25.7 Å². The highest BCUT2D eigenvalue weighted by molar-refractivity contribution is 5.90. The summed E-state index contributed by atoms with van der Waals surface area (Å²) in [5.41, 5.74) is 1.39. The number of amides is 2. The molecule has 1 aromatic carbocycles. The highest BCUT2D eigenvalue weighted by Gasteiger charge is 2.34. The Morgan fingerprint density at radius 1 is 1.25 bits per heavy atom. The minimum Gasteiger partial charge on any atom is -0.394 e. The SMILES string of the molecule is CN(C)c1ccc(NC(=O)NC2(CO)CCCC2)cc1. The van der Waals surface area contributed by atoms with Gasteiger partial charge in [0.05, 0.1) is 12.1 Å². The predicted octanol–water partition coefficient (Wildman–Crippen LogP) is 2.18. The molecule has 0 aliphatic heterocycles. The van der Waals surface area contributed by atoms with E-state index < -0.39 is 5.54 Å². The molecule has 0 aromatic heterocycles. The van der Waals surface area contributed by atoms with E-state index in [2.05, 4.69) is 10.6 Å². The second-order valence-electron chi connectivity index (χ2n) is 5.67. The first kappa shape index (κ1) is 14.7. The van der Waals surface area contributed by atoms with E-state index >= 15 is 0 Å². The van der Waals surface area contributed by atoms with Gasteiger partial charge in [-0.15, -0.1) is 0 Å². The van der Waals surface area contributed by atoms with Gasteiger partial charge in [-0.1, -0.05) is 12.8 Å². The van der Waals surface area contributed by atoms with Crippen LogP contribution >= 0.6 is 0 Å². The molecular weight excluding hydrogens is 254 g/mol. The molecule has 1 aromatic rings. The zero-order valence-corrected chi connectivity index (χ0v) is 12.1. The summed E-state index contributed by atoms with van der Waals surface area (Å²) in [6, 6.07) is 7.39. The molecule has 2 amide bonds. The van der Waals surface area contributed by atoms with Gasteiger partial charge in [0.25, 0.3) is 0 Å². The van der Waals surface area contributed by atoms with E-state index in [1.165, 1.54) is 0 Å². The van der Waals surface area contributed by atoms with Crippen LogP contribution < -0.4 is 15.5 Å². The Labute approximate surface area is 120 Å². The van der Waals surface area contributed by atoms with Crippen LogP contribution in [-0.4, -0.2) is 37.4 Å². The first-order valence-electron chi connectivity index (χ1n) is 7.02. The summed E-state index contributed by atoms with van der Waals surface area (Å²) in [6.07, 6.45) is 3.80. The van der Waals surface area contributed by atoms with Crippen molar-refractivity contribution < 1.29 is 9.90 Å². The molecule has 0 atom stereocenters. The topological polar surface area (TPSA) is 64.6 Å². The van der Waals surface area contributed by atoms with Gasteiger partial charge in [0.1, 0.15) is 0 Å². The summed E-state index contributed by atoms with van der Waals surface area (Å²) < 4.78 is 0. The lowest BCUT2D eigenvalue weighted by molar-refractivity contribution is 0.167. The number of urea groups is 1. The van der Waals surface area contributed by atoms with Crippen molar-refractivity contribution in [2.24, 2.45) is 0 Å². The Morgan fingerprint density at radius 2 is 1.85 bits per heavy atom. The van der Waals surface area contributed by atoms with Crippen LogP contribution in [0.2, 0.25) is 0 Å². The lowest BCUT2D eigenvalue weighted by Gasteiger charge is -2.28. The van der Waals surface area contributed by atoms with Crippen LogP contribution in [0, 0.1) is 0 Å². The number of anilines is 2. The molecule has 0 radical (unpaired) electrons. The van der Waals surface area contributed by atoms with Gasteiger partial charge in [0.2, 0.25) is 0 Å². The molecule has 0 unspecified atom stereocenters. The number of carbonyl (C=O) groups is 1. The molecule has 20 heavy (non-hydrogen) atoms. The van der Waals surface area contributed by atoms with Crippen LogP contribution in [0.5, 0.6) is 0 Å². The van der Waals surface area contributed by atoms with Crippen molar-refractivity contribution in [3.8, 4) is 0 Å². The van der Waals surface area contributed by atoms with E-state index in [9.17, 15) is 9.90 Å². The fourth-order valence-corrected chi connectivity index (χ4v) is 2.62. The highest BCUT2D eigenvalue weighted by atomic mass is 16.3. The van der Waals surface area contributed by atoms with Crippen molar-refractivity contribution in [1.82, 2.24) is 5.32 Å². The fraction of sp³-hybridized carbons (Fsp3) is 0.533. The third-order valence-electron chi connectivity index (χ3n) is 3.88. The van der Waals surface area contributed by atoms with Gasteiger partial charge in [-0.05, 0) is 37.1 Å². The number of aliphatic hydroxyl groups is 1. The van der Waals surface area contributed by atoms with E-state index in [1.54, 1.807) is 0 Å². The van der Waals surface area contributed by atoms with E-state index in [1.807, 2.05) is 43.3 Å². The number of rotatable bonds is 4. The van der Waals surface area contributed by atoms with Gasteiger partial charge >= 0.3 is 6.03 Å². The number of hydrogen-bond acceptors (Lipinski definition) is 3. The maximum Gasteiger partial charge on any atom is 0.319 e. The smallest absolute Gasteiger partial charge is 0.319 e. The monoisotopic (exact) mass is 277 g/mol. The number of hydrogen-bond donors (Lipinski definition) is 3. The van der Waals surface area contributed by atoms with Gasteiger partial charge in [-0.25, -0.2) is 4.79 Å². The number of nitrogens with zero attached hydrogens (tertiary/aromatic N) is 1. The molecule has 5 heteroatoms.